The quantitative estimate of drug-likeness (QED) is 0.903. The number of sulfonamides is 1. The maximum atomic E-state index is 11.5. The van der Waals surface area contributed by atoms with Crippen LogP contribution in [0.1, 0.15) is 11.1 Å². The molecule has 0 unspecified atom stereocenters. The molecule has 0 saturated heterocycles. The second kappa shape index (κ2) is 4.55. The summed E-state index contributed by atoms with van der Waals surface area (Å²) in [6, 6.07) is 13.1. The van der Waals surface area contributed by atoms with Gasteiger partial charge in [-0.25, -0.2) is 13.6 Å². The molecule has 2 rings (SSSR count). The Hall–Kier alpha value is -1.65. The van der Waals surface area contributed by atoms with Gasteiger partial charge in [-0.2, -0.15) is 0 Å². The smallest absolute Gasteiger partial charge is 0.225 e. The average Bonchev–Trinajstić information content (AvgIpc) is 2.28. The molecule has 0 spiro atoms. The van der Waals surface area contributed by atoms with E-state index in [0.29, 0.717) is 5.56 Å². The third kappa shape index (κ3) is 2.30. The second-order valence-electron chi connectivity index (χ2n) is 4.29. The first-order valence-corrected chi connectivity index (χ1v) is 7.14. The predicted octanol–water partition coefficient (Wildman–Crippen LogP) is 2.62. The number of hydrogen-bond acceptors (Lipinski definition) is 2. The molecule has 0 aromatic heterocycles. The normalized spacial score (nSPS) is 11.5. The molecule has 2 aromatic carbocycles. The lowest BCUT2D eigenvalue weighted by Gasteiger charge is -2.13. The highest BCUT2D eigenvalue weighted by Crippen LogP contribution is 2.30. The summed E-state index contributed by atoms with van der Waals surface area (Å²) in [6.07, 6.45) is 0. The Morgan fingerprint density at radius 1 is 0.944 bits per heavy atom. The summed E-state index contributed by atoms with van der Waals surface area (Å²) >= 11 is 0. The second-order valence-corrected chi connectivity index (χ2v) is 5.82. The molecule has 0 bridgehead atoms. The van der Waals surface area contributed by atoms with Gasteiger partial charge in [0.05, 0.1) is 4.90 Å². The van der Waals surface area contributed by atoms with Gasteiger partial charge in [0.15, 0.2) is 0 Å². The minimum Gasteiger partial charge on any atom is -0.225 e. The van der Waals surface area contributed by atoms with E-state index in [0.717, 1.165) is 16.7 Å². The molecule has 0 aliphatic rings. The number of primary sulfonamides is 1. The van der Waals surface area contributed by atoms with Crippen LogP contribution in [-0.2, 0) is 10.0 Å². The molecule has 0 aliphatic heterocycles. The van der Waals surface area contributed by atoms with Crippen LogP contribution in [-0.4, -0.2) is 8.42 Å². The summed E-state index contributed by atoms with van der Waals surface area (Å²) in [4.78, 5) is 0.187. The number of rotatable bonds is 2. The van der Waals surface area contributed by atoms with E-state index in [1.807, 2.05) is 37.3 Å². The van der Waals surface area contributed by atoms with Gasteiger partial charge < -0.3 is 0 Å². The molecule has 0 radical (unpaired) electrons. The summed E-state index contributed by atoms with van der Waals surface area (Å²) in [7, 11) is -3.68. The van der Waals surface area contributed by atoms with Crippen LogP contribution in [0.2, 0.25) is 0 Å². The first-order valence-electron chi connectivity index (χ1n) is 5.59. The number of nitrogens with two attached hydrogens (primary N) is 1. The van der Waals surface area contributed by atoms with E-state index >= 15 is 0 Å². The molecule has 0 atom stereocenters. The minimum atomic E-state index is -3.68. The van der Waals surface area contributed by atoms with Gasteiger partial charge in [0.25, 0.3) is 0 Å². The van der Waals surface area contributed by atoms with Crippen LogP contribution >= 0.6 is 0 Å². The highest BCUT2D eigenvalue weighted by atomic mass is 32.2. The summed E-state index contributed by atoms with van der Waals surface area (Å²) in [5, 5.41) is 5.23. The summed E-state index contributed by atoms with van der Waals surface area (Å²) in [6.45, 7) is 3.75. The van der Waals surface area contributed by atoms with Crippen LogP contribution in [0.3, 0.4) is 0 Å². The third-order valence-corrected chi connectivity index (χ3v) is 4.05. The van der Waals surface area contributed by atoms with Crippen LogP contribution in [0.4, 0.5) is 0 Å². The number of aryl methyl sites for hydroxylation is 1. The van der Waals surface area contributed by atoms with Crippen LogP contribution < -0.4 is 5.14 Å². The van der Waals surface area contributed by atoms with Gasteiger partial charge in [-0.1, -0.05) is 36.4 Å². The Morgan fingerprint density at radius 3 is 2.11 bits per heavy atom. The van der Waals surface area contributed by atoms with E-state index in [9.17, 15) is 8.42 Å². The van der Waals surface area contributed by atoms with Gasteiger partial charge in [0.2, 0.25) is 10.0 Å². The zero-order valence-electron chi connectivity index (χ0n) is 10.3. The molecule has 2 N–H and O–H groups in total. The van der Waals surface area contributed by atoms with E-state index in [-0.39, 0.29) is 4.90 Å². The first-order chi connectivity index (χ1) is 8.41. The Bertz CT molecular complexity index is 676. The summed E-state index contributed by atoms with van der Waals surface area (Å²) < 4.78 is 23.1. The molecular weight excluding hydrogens is 246 g/mol. The highest BCUT2D eigenvalue weighted by molar-refractivity contribution is 7.89. The maximum Gasteiger partial charge on any atom is 0.238 e. The van der Waals surface area contributed by atoms with Gasteiger partial charge in [-0.05, 0) is 42.2 Å². The van der Waals surface area contributed by atoms with E-state index < -0.39 is 10.0 Å². The van der Waals surface area contributed by atoms with Gasteiger partial charge in [-0.15, -0.1) is 0 Å². The Morgan fingerprint density at radius 2 is 1.56 bits per heavy atom. The molecule has 0 heterocycles. The van der Waals surface area contributed by atoms with Crippen molar-refractivity contribution in [1.82, 2.24) is 0 Å². The summed E-state index contributed by atoms with van der Waals surface area (Å²) in [5.41, 5.74) is 3.66. The topological polar surface area (TPSA) is 60.2 Å². The Kier molecular flexibility index (Phi) is 3.24. The van der Waals surface area contributed by atoms with Crippen molar-refractivity contribution in [1.29, 1.82) is 0 Å². The van der Waals surface area contributed by atoms with Crippen LogP contribution in [0.25, 0.3) is 11.1 Å². The number of benzene rings is 2. The fourth-order valence-electron chi connectivity index (χ4n) is 2.19. The zero-order chi connectivity index (χ0) is 13.3. The SMILES string of the molecule is Cc1ccc(S(N)(=O)=O)c(C)c1-c1ccccc1. The van der Waals surface area contributed by atoms with Gasteiger partial charge >= 0.3 is 0 Å². The third-order valence-electron chi connectivity index (χ3n) is 2.99. The maximum absolute atomic E-state index is 11.5. The van der Waals surface area contributed by atoms with Crippen molar-refractivity contribution < 1.29 is 8.42 Å². The van der Waals surface area contributed by atoms with E-state index in [2.05, 4.69) is 0 Å². The first kappa shape index (κ1) is 12.8. The molecule has 94 valence electrons. The zero-order valence-corrected chi connectivity index (χ0v) is 11.2. The Balaban J connectivity index is 2.76. The van der Waals surface area contributed by atoms with Crippen molar-refractivity contribution in [3.8, 4) is 11.1 Å². The molecule has 0 fully saturated rings. The lowest BCUT2D eigenvalue weighted by atomic mass is 9.96. The van der Waals surface area contributed by atoms with Crippen molar-refractivity contribution in [3.05, 3.63) is 53.6 Å². The minimum absolute atomic E-state index is 0.187. The van der Waals surface area contributed by atoms with Crippen LogP contribution in [0.5, 0.6) is 0 Å². The van der Waals surface area contributed by atoms with E-state index in [1.54, 1.807) is 19.1 Å². The average molecular weight is 261 g/mol. The highest BCUT2D eigenvalue weighted by Gasteiger charge is 2.16. The van der Waals surface area contributed by atoms with E-state index in [4.69, 9.17) is 5.14 Å². The molecule has 0 aliphatic carbocycles. The fraction of sp³-hybridized carbons (Fsp3) is 0.143. The van der Waals surface area contributed by atoms with Crippen LogP contribution in [0, 0.1) is 13.8 Å². The molecule has 0 saturated carbocycles. The molecule has 3 nitrogen and oxygen atoms in total. The predicted molar refractivity (Wildman–Crippen MR) is 72.7 cm³/mol. The van der Waals surface area contributed by atoms with Crippen molar-refractivity contribution in [3.63, 3.8) is 0 Å². The van der Waals surface area contributed by atoms with Crippen molar-refractivity contribution >= 4 is 10.0 Å². The molecule has 4 heteroatoms. The number of hydrogen-bond donors (Lipinski definition) is 1. The van der Waals surface area contributed by atoms with Gasteiger partial charge in [-0.3, -0.25) is 0 Å². The lowest BCUT2D eigenvalue weighted by Crippen LogP contribution is -2.14. The molecule has 0 amide bonds. The lowest BCUT2D eigenvalue weighted by molar-refractivity contribution is 0.597. The molecular formula is C14H15NO2S. The standard InChI is InChI=1S/C14H15NO2S/c1-10-8-9-13(18(15,16)17)11(2)14(10)12-6-4-3-5-7-12/h3-9H,1-2H3,(H2,15,16,17). The summed E-state index contributed by atoms with van der Waals surface area (Å²) in [5.74, 6) is 0. The van der Waals surface area contributed by atoms with Crippen LogP contribution in [0.15, 0.2) is 47.4 Å². The largest absolute Gasteiger partial charge is 0.238 e. The molecule has 18 heavy (non-hydrogen) atoms. The Labute approximate surface area is 107 Å². The van der Waals surface area contributed by atoms with Crippen molar-refractivity contribution in [2.75, 3.05) is 0 Å². The van der Waals surface area contributed by atoms with Gasteiger partial charge in [0.1, 0.15) is 0 Å². The molecule has 2 aromatic rings. The van der Waals surface area contributed by atoms with E-state index in [1.165, 1.54) is 0 Å². The monoisotopic (exact) mass is 261 g/mol. The fourth-order valence-corrected chi connectivity index (χ4v) is 2.97. The van der Waals surface area contributed by atoms with Crippen molar-refractivity contribution in [2.45, 2.75) is 18.7 Å². The van der Waals surface area contributed by atoms with Crippen molar-refractivity contribution in [2.24, 2.45) is 5.14 Å². The van der Waals surface area contributed by atoms with Gasteiger partial charge in [0, 0.05) is 0 Å².